The molecule has 0 spiro atoms. The minimum absolute atomic E-state index is 0.654. The quantitative estimate of drug-likeness (QED) is 0.642. The summed E-state index contributed by atoms with van der Waals surface area (Å²) in [7, 11) is 0. The molecule has 1 fully saturated rings. The second-order valence-electron chi connectivity index (χ2n) is 5.47. The van der Waals surface area contributed by atoms with Crippen LogP contribution in [0.5, 0.6) is 0 Å². The molecule has 0 unspecified atom stereocenters. The highest BCUT2D eigenvalue weighted by atomic mass is 16.1. The topological polar surface area (TPSA) is 35.9 Å². The summed E-state index contributed by atoms with van der Waals surface area (Å²) in [6, 6.07) is 18.3. The summed E-state index contributed by atoms with van der Waals surface area (Å²) in [4.78, 5) is 18.7. The number of piperazine rings is 1. The Morgan fingerprint density at radius 1 is 0.909 bits per heavy atom. The molecule has 22 heavy (non-hydrogen) atoms. The molecule has 1 aliphatic rings. The average Bonchev–Trinajstić information content (AvgIpc) is 2.58. The fourth-order valence-corrected chi connectivity index (χ4v) is 2.80. The van der Waals surface area contributed by atoms with Gasteiger partial charge in [-0.05, 0) is 29.8 Å². The second-order valence-corrected chi connectivity index (χ2v) is 5.47. The zero-order valence-corrected chi connectivity index (χ0v) is 12.5. The maximum absolute atomic E-state index is 10.2. The third-order valence-corrected chi connectivity index (χ3v) is 4.01. The molecule has 0 saturated carbocycles. The number of aliphatic imine (C=N–C) groups is 1. The molecule has 1 saturated heterocycles. The van der Waals surface area contributed by atoms with Crippen LogP contribution in [0.25, 0.3) is 0 Å². The van der Waals surface area contributed by atoms with Crippen LogP contribution in [0.4, 0.5) is 11.4 Å². The Kier molecular flexibility index (Phi) is 4.64. The summed E-state index contributed by atoms with van der Waals surface area (Å²) < 4.78 is 0. The first-order valence-corrected chi connectivity index (χ1v) is 7.54. The molecule has 0 N–H and O–H groups in total. The van der Waals surface area contributed by atoms with Crippen LogP contribution in [0.1, 0.15) is 5.56 Å². The Labute approximate surface area is 130 Å². The summed E-state index contributed by atoms with van der Waals surface area (Å²) in [6.45, 7) is 5.17. The van der Waals surface area contributed by atoms with Gasteiger partial charge in [0.1, 0.15) is 0 Å². The van der Waals surface area contributed by atoms with E-state index in [1.54, 1.807) is 6.08 Å². The van der Waals surface area contributed by atoms with Crippen molar-refractivity contribution in [2.45, 2.75) is 6.54 Å². The fourth-order valence-electron chi connectivity index (χ4n) is 2.80. The van der Waals surface area contributed by atoms with Crippen LogP contribution < -0.4 is 4.90 Å². The zero-order valence-electron chi connectivity index (χ0n) is 12.5. The monoisotopic (exact) mass is 293 g/mol. The van der Waals surface area contributed by atoms with Crippen molar-refractivity contribution in [1.29, 1.82) is 0 Å². The number of nitrogens with zero attached hydrogens (tertiary/aromatic N) is 3. The number of benzene rings is 2. The molecule has 0 aliphatic carbocycles. The molecule has 2 aromatic carbocycles. The van der Waals surface area contributed by atoms with E-state index in [-0.39, 0.29) is 0 Å². The van der Waals surface area contributed by atoms with Crippen molar-refractivity contribution in [3.63, 3.8) is 0 Å². The van der Waals surface area contributed by atoms with Crippen LogP contribution in [0, 0.1) is 0 Å². The molecule has 0 radical (unpaired) electrons. The van der Waals surface area contributed by atoms with Crippen molar-refractivity contribution in [1.82, 2.24) is 4.90 Å². The van der Waals surface area contributed by atoms with Crippen molar-refractivity contribution >= 4 is 17.5 Å². The summed E-state index contributed by atoms with van der Waals surface area (Å²) in [5.74, 6) is 0. The maximum atomic E-state index is 10.2. The lowest BCUT2D eigenvalue weighted by Gasteiger charge is -2.36. The molecular formula is C18H19N3O. The molecule has 2 aromatic rings. The van der Waals surface area contributed by atoms with E-state index in [9.17, 15) is 4.79 Å². The van der Waals surface area contributed by atoms with Crippen LogP contribution in [0.15, 0.2) is 59.6 Å². The Morgan fingerprint density at radius 2 is 1.59 bits per heavy atom. The van der Waals surface area contributed by atoms with E-state index in [0.717, 1.165) is 32.7 Å². The normalized spacial score (nSPS) is 15.4. The Bertz CT molecular complexity index is 640. The van der Waals surface area contributed by atoms with Gasteiger partial charge in [0.25, 0.3) is 0 Å². The van der Waals surface area contributed by atoms with Crippen LogP contribution >= 0.6 is 0 Å². The van der Waals surface area contributed by atoms with Gasteiger partial charge in [0, 0.05) is 38.4 Å². The van der Waals surface area contributed by atoms with Crippen LogP contribution in [0.3, 0.4) is 0 Å². The van der Waals surface area contributed by atoms with Crippen molar-refractivity contribution in [2.24, 2.45) is 4.99 Å². The second kappa shape index (κ2) is 7.03. The van der Waals surface area contributed by atoms with E-state index < -0.39 is 0 Å². The van der Waals surface area contributed by atoms with Gasteiger partial charge < -0.3 is 4.90 Å². The predicted molar refractivity (Wildman–Crippen MR) is 88.2 cm³/mol. The smallest absolute Gasteiger partial charge is 0.240 e. The lowest BCUT2D eigenvalue weighted by Crippen LogP contribution is -2.45. The van der Waals surface area contributed by atoms with Crippen molar-refractivity contribution < 1.29 is 4.79 Å². The van der Waals surface area contributed by atoms with Gasteiger partial charge in [-0.2, -0.15) is 4.99 Å². The molecule has 0 bridgehead atoms. The van der Waals surface area contributed by atoms with E-state index >= 15 is 0 Å². The first kappa shape index (κ1) is 14.5. The van der Waals surface area contributed by atoms with E-state index in [1.807, 2.05) is 24.3 Å². The van der Waals surface area contributed by atoms with Crippen LogP contribution in [0.2, 0.25) is 0 Å². The van der Waals surface area contributed by atoms with Crippen molar-refractivity contribution in [3.05, 3.63) is 60.2 Å². The minimum atomic E-state index is 0.654. The lowest BCUT2D eigenvalue weighted by atomic mass is 10.2. The minimum Gasteiger partial charge on any atom is -0.369 e. The number of hydrogen-bond donors (Lipinski definition) is 0. The largest absolute Gasteiger partial charge is 0.369 e. The summed E-state index contributed by atoms with van der Waals surface area (Å²) in [5.41, 5.74) is 3.21. The summed E-state index contributed by atoms with van der Waals surface area (Å²) in [6.07, 6.45) is 1.57. The molecule has 3 rings (SSSR count). The van der Waals surface area contributed by atoms with Gasteiger partial charge in [0.15, 0.2) is 0 Å². The molecule has 4 heteroatoms. The number of isocyanates is 1. The number of carbonyl (C=O) groups excluding carboxylic acids is 1. The fraction of sp³-hybridized carbons (Fsp3) is 0.278. The lowest BCUT2D eigenvalue weighted by molar-refractivity contribution is 0.250. The van der Waals surface area contributed by atoms with E-state index in [2.05, 4.69) is 45.1 Å². The highest BCUT2D eigenvalue weighted by molar-refractivity contribution is 5.56. The maximum Gasteiger partial charge on any atom is 0.240 e. The Balaban J connectivity index is 1.56. The standard InChI is InChI=1S/C18H19N3O/c22-15-19-17-6-8-18(9-7-17)21-12-10-20(11-13-21)14-16-4-2-1-3-5-16/h1-9H,10-14H2. The Hall–Kier alpha value is -2.42. The molecular weight excluding hydrogens is 274 g/mol. The van der Waals surface area contributed by atoms with Gasteiger partial charge in [0.05, 0.1) is 5.69 Å². The third-order valence-electron chi connectivity index (χ3n) is 4.01. The summed E-state index contributed by atoms with van der Waals surface area (Å²) in [5, 5.41) is 0. The van der Waals surface area contributed by atoms with Gasteiger partial charge in [-0.25, -0.2) is 4.79 Å². The van der Waals surface area contributed by atoms with Gasteiger partial charge in [0.2, 0.25) is 6.08 Å². The van der Waals surface area contributed by atoms with E-state index in [0.29, 0.717) is 5.69 Å². The van der Waals surface area contributed by atoms with Crippen molar-refractivity contribution in [3.8, 4) is 0 Å². The molecule has 112 valence electrons. The number of anilines is 1. The highest BCUT2D eigenvalue weighted by Gasteiger charge is 2.17. The van der Waals surface area contributed by atoms with E-state index in [4.69, 9.17) is 0 Å². The summed E-state index contributed by atoms with van der Waals surface area (Å²) >= 11 is 0. The number of rotatable bonds is 4. The highest BCUT2D eigenvalue weighted by Crippen LogP contribution is 2.21. The van der Waals surface area contributed by atoms with Crippen LogP contribution in [-0.2, 0) is 11.3 Å². The third kappa shape index (κ3) is 3.61. The molecule has 0 amide bonds. The average molecular weight is 293 g/mol. The molecule has 1 heterocycles. The SMILES string of the molecule is O=C=Nc1ccc(N2CCN(Cc3ccccc3)CC2)cc1. The molecule has 4 nitrogen and oxygen atoms in total. The molecule has 0 atom stereocenters. The number of hydrogen-bond acceptors (Lipinski definition) is 4. The van der Waals surface area contributed by atoms with E-state index in [1.165, 1.54) is 11.3 Å². The molecule has 1 aliphatic heterocycles. The Morgan fingerprint density at radius 3 is 2.23 bits per heavy atom. The zero-order chi connectivity index (χ0) is 15.2. The predicted octanol–water partition coefficient (Wildman–Crippen LogP) is 2.98. The van der Waals surface area contributed by atoms with Gasteiger partial charge in [-0.15, -0.1) is 0 Å². The van der Waals surface area contributed by atoms with Gasteiger partial charge >= 0.3 is 0 Å². The van der Waals surface area contributed by atoms with Crippen LogP contribution in [-0.4, -0.2) is 37.2 Å². The molecule has 0 aromatic heterocycles. The first-order chi connectivity index (χ1) is 10.8. The van der Waals surface area contributed by atoms with Crippen molar-refractivity contribution in [2.75, 3.05) is 31.1 Å². The first-order valence-electron chi connectivity index (χ1n) is 7.54. The van der Waals surface area contributed by atoms with Gasteiger partial charge in [-0.1, -0.05) is 30.3 Å². The van der Waals surface area contributed by atoms with Gasteiger partial charge in [-0.3, -0.25) is 4.90 Å².